The van der Waals surface area contributed by atoms with Crippen molar-refractivity contribution in [3.8, 4) is 12.3 Å². The topological polar surface area (TPSA) is 153 Å². The van der Waals surface area contributed by atoms with Crippen LogP contribution < -0.4 is 10.8 Å². The molecule has 12 nitrogen and oxygen atoms in total. The Morgan fingerprint density at radius 2 is 2.22 bits per heavy atom. The van der Waals surface area contributed by atoms with E-state index >= 15 is 0 Å². The Kier molecular flexibility index (Phi) is 6.70. The molecule has 0 aliphatic carbocycles. The van der Waals surface area contributed by atoms with Crippen LogP contribution in [0, 0.1) is 18.4 Å². The first-order valence-electron chi connectivity index (χ1n) is 11.5. The van der Waals surface area contributed by atoms with E-state index in [2.05, 4.69) is 26.0 Å². The number of imidazole rings is 1. The Morgan fingerprint density at radius 1 is 1.43 bits per heavy atom. The van der Waals surface area contributed by atoms with E-state index in [1.165, 1.54) is 10.9 Å². The number of ether oxygens (including phenoxy) is 2. The van der Waals surface area contributed by atoms with Gasteiger partial charge in [-0.2, -0.15) is 14.4 Å². The maximum absolute atomic E-state index is 13.8. The molecule has 37 heavy (non-hydrogen) atoms. The van der Waals surface area contributed by atoms with E-state index in [1.807, 2.05) is 30.3 Å². The maximum atomic E-state index is 13.8. The van der Waals surface area contributed by atoms with Gasteiger partial charge in [0.2, 0.25) is 0 Å². The molecule has 2 saturated heterocycles. The van der Waals surface area contributed by atoms with Gasteiger partial charge in [-0.1, -0.05) is 36.3 Å². The minimum absolute atomic E-state index is 0.105. The smallest absolute Gasteiger partial charge is 0.406 e. The molecule has 14 heteroatoms. The van der Waals surface area contributed by atoms with Crippen molar-refractivity contribution >= 4 is 30.7 Å². The average Bonchev–Trinajstić information content (AvgIpc) is 3.46. The Labute approximate surface area is 211 Å². The van der Waals surface area contributed by atoms with Crippen LogP contribution in [-0.4, -0.2) is 56.4 Å². The summed E-state index contributed by atoms with van der Waals surface area (Å²) in [6.07, 6.45) is 4.74. The number of fused-ring (bicyclic) bond motifs is 2. The molecule has 0 spiro atoms. The monoisotopic (exact) mass is 530 g/mol. The predicted molar refractivity (Wildman–Crippen MR) is 128 cm³/mol. The fourth-order valence-electron chi connectivity index (χ4n) is 4.37. The van der Waals surface area contributed by atoms with E-state index < -0.39 is 43.8 Å². The number of terminal acetylenes is 1. The van der Waals surface area contributed by atoms with E-state index in [0.29, 0.717) is 0 Å². The van der Waals surface area contributed by atoms with E-state index in [9.17, 15) is 13.8 Å². The summed E-state index contributed by atoms with van der Waals surface area (Å²) in [7, 11) is -4.03. The molecule has 5 atom stereocenters. The molecule has 1 aromatic carbocycles. The molecule has 2 aliphatic heterocycles. The summed E-state index contributed by atoms with van der Waals surface area (Å²) in [5, 5.41) is 2.72. The standard InChI is InChI=1S/C23H24FN6O6P/c1-3-23-12-34-37(32,29-15(21(31)33-4-2)10-14-8-6-5-7-9-14)36-16(23)11-17(35-23)30-13-26-18-19(25)27-22(24)28-20(18)30/h1,5-9,13,15-17H,4,10-12H2,2H3,(H,29,32)(H2,25,27,28)/t15-,16+,17-,23-,37?/m1/s1. The molecule has 4 heterocycles. The molecule has 0 saturated carbocycles. The van der Waals surface area contributed by atoms with E-state index in [-0.39, 0.29) is 43.0 Å². The summed E-state index contributed by atoms with van der Waals surface area (Å²) >= 11 is 0. The predicted octanol–water partition coefficient (Wildman–Crippen LogP) is 2.13. The van der Waals surface area contributed by atoms with Crippen LogP contribution in [0.25, 0.3) is 11.2 Å². The summed E-state index contributed by atoms with van der Waals surface area (Å²) in [4.78, 5) is 24.0. The number of benzene rings is 1. The van der Waals surface area contributed by atoms with Gasteiger partial charge in [0.15, 0.2) is 22.6 Å². The summed E-state index contributed by atoms with van der Waals surface area (Å²) in [6, 6.07) is 8.16. The first-order valence-corrected chi connectivity index (χ1v) is 13.0. The molecule has 2 aromatic heterocycles. The molecule has 2 aliphatic rings. The number of halogens is 1. The first kappa shape index (κ1) is 25.3. The molecular formula is C23H24FN6O6P. The van der Waals surface area contributed by atoms with Crippen molar-refractivity contribution in [2.75, 3.05) is 18.9 Å². The van der Waals surface area contributed by atoms with Crippen molar-refractivity contribution in [3.05, 3.63) is 48.3 Å². The quantitative estimate of drug-likeness (QED) is 0.200. The van der Waals surface area contributed by atoms with Crippen LogP contribution in [0.1, 0.15) is 25.1 Å². The number of esters is 1. The van der Waals surface area contributed by atoms with Gasteiger partial charge in [0, 0.05) is 6.42 Å². The van der Waals surface area contributed by atoms with Crippen LogP contribution in [0.4, 0.5) is 10.2 Å². The second kappa shape index (κ2) is 9.81. The molecule has 5 rings (SSSR count). The number of nitrogen functional groups attached to an aromatic ring is 1. The number of anilines is 1. The van der Waals surface area contributed by atoms with Crippen molar-refractivity contribution in [3.63, 3.8) is 0 Å². The Bertz CT molecular complexity index is 1410. The van der Waals surface area contributed by atoms with Gasteiger partial charge in [-0.25, -0.2) is 14.6 Å². The van der Waals surface area contributed by atoms with Crippen molar-refractivity contribution < 1.29 is 32.3 Å². The SMILES string of the molecule is C#C[C@@]12COP(=O)(N[C@H](Cc3ccccc3)C(=O)OCC)O[C@H]1C[C@H](n1cnc3c(N)nc(F)nc31)O2. The van der Waals surface area contributed by atoms with E-state index in [4.69, 9.17) is 30.7 Å². The molecule has 0 radical (unpaired) electrons. The van der Waals surface area contributed by atoms with Crippen LogP contribution in [0.3, 0.4) is 0 Å². The van der Waals surface area contributed by atoms with Crippen LogP contribution in [0.5, 0.6) is 0 Å². The lowest BCUT2D eigenvalue weighted by molar-refractivity contribution is -0.145. The highest BCUT2D eigenvalue weighted by Gasteiger charge is 2.57. The van der Waals surface area contributed by atoms with Crippen molar-refractivity contribution in [1.29, 1.82) is 0 Å². The molecule has 3 aromatic rings. The van der Waals surface area contributed by atoms with Crippen LogP contribution >= 0.6 is 7.75 Å². The lowest BCUT2D eigenvalue weighted by atomic mass is 9.99. The molecule has 0 bridgehead atoms. The second-order valence-electron chi connectivity index (χ2n) is 8.53. The Balaban J connectivity index is 1.38. The van der Waals surface area contributed by atoms with Gasteiger partial charge in [0.25, 0.3) is 0 Å². The number of hydrogen-bond acceptors (Lipinski definition) is 10. The third-order valence-corrected chi connectivity index (χ3v) is 7.77. The number of carbonyl (C=O) groups is 1. The number of aromatic nitrogens is 4. The van der Waals surface area contributed by atoms with E-state index in [1.54, 1.807) is 6.92 Å². The van der Waals surface area contributed by atoms with Crippen LogP contribution in [0.2, 0.25) is 0 Å². The van der Waals surface area contributed by atoms with E-state index in [0.717, 1.165) is 5.56 Å². The maximum Gasteiger partial charge on any atom is 0.406 e. The van der Waals surface area contributed by atoms with Crippen molar-refractivity contribution in [2.24, 2.45) is 0 Å². The van der Waals surface area contributed by atoms with Gasteiger partial charge in [-0.05, 0) is 18.9 Å². The Morgan fingerprint density at radius 3 is 2.95 bits per heavy atom. The summed E-state index contributed by atoms with van der Waals surface area (Å²) in [5.74, 6) is 1.81. The fourth-order valence-corrected chi connectivity index (χ4v) is 6.10. The van der Waals surface area contributed by atoms with Gasteiger partial charge >= 0.3 is 19.8 Å². The highest BCUT2D eigenvalue weighted by molar-refractivity contribution is 7.51. The van der Waals surface area contributed by atoms with Crippen molar-refractivity contribution in [1.82, 2.24) is 24.6 Å². The van der Waals surface area contributed by atoms with Gasteiger partial charge in [-0.3, -0.25) is 18.4 Å². The lowest BCUT2D eigenvalue weighted by Gasteiger charge is -2.38. The molecule has 194 valence electrons. The third-order valence-electron chi connectivity index (χ3n) is 6.14. The zero-order valence-corrected chi connectivity index (χ0v) is 20.6. The lowest BCUT2D eigenvalue weighted by Crippen LogP contribution is -2.49. The second-order valence-corrected chi connectivity index (χ2v) is 10.3. The molecule has 1 unspecified atom stereocenters. The fraction of sp³-hybridized carbons (Fsp3) is 0.391. The summed E-state index contributed by atoms with van der Waals surface area (Å²) < 4.78 is 51.6. The number of rotatable bonds is 7. The van der Waals surface area contributed by atoms with Gasteiger partial charge in [0.05, 0.1) is 12.9 Å². The Hall–Kier alpha value is -3.40. The summed E-state index contributed by atoms with van der Waals surface area (Å²) in [6.45, 7) is 1.53. The number of nitrogens with two attached hydrogens (primary N) is 1. The highest BCUT2D eigenvalue weighted by atomic mass is 31.2. The van der Waals surface area contributed by atoms with Crippen LogP contribution in [-0.2, 0) is 34.3 Å². The van der Waals surface area contributed by atoms with Crippen LogP contribution in [0.15, 0.2) is 36.7 Å². The molecule has 0 amide bonds. The first-order chi connectivity index (χ1) is 17.8. The van der Waals surface area contributed by atoms with Crippen molar-refractivity contribution in [2.45, 2.75) is 43.7 Å². The highest BCUT2D eigenvalue weighted by Crippen LogP contribution is 2.56. The van der Waals surface area contributed by atoms with Gasteiger partial charge < -0.3 is 15.2 Å². The largest absolute Gasteiger partial charge is 0.465 e. The molecule has 2 fully saturated rings. The average molecular weight is 530 g/mol. The number of nitrogens with one attached hydrogen (secondary N) is 1. The normalized spacial score (nSPS) is 27.9. The van der Waals surface area contributed by atoms with Gasteiger partial charge in [0.1, 0.15) is 25.0 Å². The minimum atomic E-state index is -4.03. The zero-order valence-electron chi connectivity index (χ0n) is 19.7. The molecule has 3 N–H and O–H groups in total. The molecular weight excluding hydrogens is 506 g/mol. The number of nitrogens with zero attached hydrogens (tertiary/aromatic N) is 4. The number of carbonyl (C=O) groups excluding carboxylic acids is 1. The third kappa shape index (κ3) is 4.82. The van der Waals surface area contributed by atoms with Gasteiger partial charge in [-0.15, -0.1) is 6.42 Å². The number of hydrogen-bond donors (Lipinski definition) is 2. The minimum Gasteiger partial charge on any atom is -0.465 e. The summed E-state index contributed by atoms with van der Waals surface area (Å²) in [5.41, 5.74) is 5.47. The zero-order chi connectivity index (χ0) is 26.2.